The Morgan fingerprint density at radius 1 is 0.926 bits per heavy atom. The first-order chi connectivity index (χ1) is 13.2. The quantitative estimate of drug-likeness (QED) is 0.675. The third kappa shape index (κ3) is 4.96. The number of methoxy groups -OCH3 is 1. The van der Waals surface area contributed by atoms with Crippen LogP contribution in [0.15, 0.2) is 78.9 Å². The van der Waals surface area contributed by atoms with Gasteiger partial charge in [-0.25, -0.2) is 0 Å². The number of hydrogen-bond acceptors (Lipinski definition) is 2. The van der Waals surface area contributed by atoms with E-state index in [1.165, 1.54) is 0 Å². The van der Waals surface area contributed by atoms with Gasteiger partial charge in [0.05, 0.1) is 12.7 Å². The van der Waals surface area contributed by atoms with Crippen molar-refractivity contribution in [2.24, 2.45) is 0 Å². The van der Waals surface area contributed by atoms with Crippen LogP contribution in [0.4, 0.5) is 5.69 Å². The van der Waals surface area contributed by atoms with Crippen molar-refractivity contribution in [2.75, 3.05) is 19.0 Å². The molecule has 0 bridgehead atoms. The summed E-state index contributed by atoms with van der Waals surface area (Å²) in [6.07, 6.45) is 0. The third-order valence-electron chi connectivity index (χ3n) is 4.56. The van der Waals surface area contributed by atoms with E-state index in [1.54, 1.807) is 7.11 Å². The molecule has 0 fully saturated rings. The Labute approximate surface area is 160 Å². The van der Waals surface area contributed by atoms with Gasteiger partial charge in [-0.05, 0) is 42.3 Å². The first-order valence-electron chi connectivity index (χ1n) is 9.09. The molecule has 0 aliphatic rings. The number of hydrogen-bond donors (Lipinski definition) is 2. The minimum atomic E-state index is -0.0239. The number of carbonyl (C=O) groups excluding carboxylic acids is 1. The fourth-order valence-corrected chi connectivity index (χ4v) is 3.04. The summed E-state index contributed by atoms with van der Waals surface area (Å²) >= 11 is 0. The normalized spacial score (nSPS) is 11.6. The summed E-state index contributed by atoms with van der Waals surface area (Å²) in [4.78, 5) is 12.3. The molecule has 0 aromatic heterocycles. The average molecular weight is 361 g/mol. The Hall–Kier alpha value is -3.11. The molecule has 4 heteroatoms. The van der Waals surface area contributed by atoms with Crippen molar-refractivity contribution in [2.45, 2.75) is 13.0 Å². The van der Waals surface area contributed by atoms with E-state index in [1.807, 2.05) is 72.0 Å². The van der Waals surface area contributed by atoms with Crippen LogP contribution in [0.2, 0.25) is 0 Å². The number of anilines is 1. The average Bonchev–Trinajstić information content (AvgIpc) is 2.73. The fourth-order valence-electron chi connectivity index (χ4n) is 3.04. The van der Waals surface area contributed by atoms with Gasteiger partial charge in [0, 0.05) is 5.69 Å². The monoisotopic (exact) mass is 361 g/mol. The van der Waals surface area contributed by atoms with Gasteiger partial charge in [-0.1, -0.05) is 54.6 Å². The van der Waals surface area contributed by atoms with E-state index in [0.29, 0.717) is 6.54 Å². The molecule has 138 valence electrons. The van der Waals surface area contributed by atoms with Crippen LogP contribution in [0, 0.1) is 0 Å². The predicted molar refractivity (Wildman–Crippen MR) is 109 cm³/mol. The number of nitrogens with one attached hydrogen (secondary N) is 1. The zero-order chi connectivity index (χ0) is 19.1. The lowest BCUT2D eigenvalue weighted by molar-refractivity contribution is -0.682. The van der Waals surface area contributed by atoms with Gasteiger partial charge in [0.15, 0.2) is 6.54 Å². The van der Waals surface area contributed by atoms with Crippen molar-refractivity contribution in [3.63, 3.8) is 0 Å². The Kier molecular flexibility index (Phi) is 6.23. The van der Waals surface area contributed by atoms with Gasteiger partial charge in [-0.15, -0.1) is 0 Å². The van der Waals surface area contributed by atoms with Gasteiger partial charge in [0.25, 0.3) is 5.91 Å². The number of para-hydroxylation sites is 1. The summed E-state index contributed by atoms with van der Waals surface area (Å²) in [5, 5.41) is 4.96. The highest BCUT2D eigenvalue weighted by Crippen LogP contribution is 2.22. The smallest absolute Gasteiger partial charge is 0.279 e. The molecule has 1 atom stereocenters. The van der Waals surface area contributed by atoms with Crippen molar-refractivity contribution < 1.29 is 14.8 Å². The highest BCUT2D eigenvalue weighted by atomic mass is 16.5. The van der Waals surface area contributed by atoms with Crippen LogP contribution >= 0.6 is 0 Å². The highest BCUT2D eigenvalue weighted by molar-refractivity contribution is 5.91. The molecule has 0 heterocycles. The summed E-state index contributed by atoms with van der Waals surface area (Å²) in [5.41, 5.74) is 4.18. The number of nitrogens with two attached hydrogens (primary N) is 1. The largest absolute Gasteiger partial charge is 0.496 e. The molecule has 0 saturated carbocycles. The zero-order valence-corrected chi connectivity index (χ0v) is 15.7. The molecule has 0 spiro atoms. The number of quaternary nitrogens is 1. The van der Waals surface area contributed by atoms with E-state index in [4.69, 9.17) is 4.74 Å². The van der Waals surface area contributed by atoms with E-state index in [-0.39, 0.29) is 11.9 Å². The summed E-state index contributed by atoms with van der Waals surface area (Å²) in [7, 11) is 1.66. The second kappa shape index (κ2) is 9.01. The fraction of sp³-hybridized carbons (Fsp3) is 0.174. The number of amides is 1. The maximum atomic E-state index is 12.3. The van der Waals surface area contributed by atoms with Crippen LogP contribution in [-0.4, -0.2) is 19.6 Å². The number of ether oxygens (including phenoxy) is 1. The molecule has 3 rings (SSSR count). The molecule has 3 N–H and O–H groups in total. The van der Waals surface area contributed by atoms with Crippen LogP contribution in [0.3, 0.4) is 0 Å². The van der Waals surface area contributed by atoms with Gasteiger partial charge in [0.2, 0.25) is 0 Å². The SMILES string of the molecule is COc1ccccc1[C@@H](C)[NH2+]CC(=O)Nc1ccc(-c2ccccc2)cc1. The van der Waals surface area contributed by atoms with Gasteiger partial charge >= 0.3 is 0 Å². The van der Waals surface area contributed by atoms with Crippen LogP contribution in [0.5, 0.6) is 5.75 Å². The van der Waals surface area contributed by atoms with Crippen LogP contribution in [-0.2, 0) is 4.79 Å². The molecule has 27 heavy (non-hydrogen) atoms. The van der Waals surface area contributed by atoms with E-state index in [9.17, 15) is 4.79 Å². The van der Waals surface area contributed by atoms with Gasteiger partial charge in [0.1, 0.15) is 11.8 Å². The maximum Gasteiger partial charge on any atom is 0.279 e. The number of carbonyl (C=O) groups is 1. The molecular weight excluding hydrogens is 336 g/mol. The summed E-state index contributed by atoms with van der Waals surface area (Å²) in [6, 6.07) is 26.1. The third-order valence-corrected chi connectivity index (χ3v) is 4.56. The number of rotatable bonds is 7. The van der Waals surface area contributed by atoms with Crippen LogP contribution < -0.4 is 15.4 Å². The van der Waals surface area contributed by atoms with Crippen molar-refractivity contribution in [1.82, 2.24) is 0 Å². The molecule has 3 aromatic rings. The zero-order valence-electron chi connectivity index (χ0n) is 15.7. The Morgan fingerprint density at radius 3 is 2.26 bits per heavy atom. The summed E-state index contributed by atoms with van der Waals surface area (Å²) < 4.78 is 5.40. The molecular formula is C23H25N2O2+. The van der Waals surface area contributed by atoms with Crippen molar-refractivity contribution in [3.05, 3.63) is 84.4 Å². The van der Waals surface area contributed by atoms with E-state index < -0.39 is 0 Å². The Bertz CT molecular complexity index is 876. The van der Waals surface area contributed by atoms with Crippen molar-refractivity contribution in [3.8, 4) is 16.9 Å². The predicted octanol–water partition coefficient (Wildman–Crippen LogP) is 3.63. The Morgan fingerprint density at radius 2 is 1.56 bits per heavy atom. The maximum absolute atomic E-state index is 12.3. The van der Waals surface area contributed by atoms with E-state index >= 15 is 0 Å². The molecule has 0 aliphatic carbocycles. The van der Waals surface area contributed by atoms with E-state index in [2.05, 4.69) is 24.4 Å². The summed E-state index contributed by atoms with van der Waals surface area (Å²) in [5.74, 6) is 0.822. The minimum Gasteiger partial charge on any atom is -0.496 e. The Balaban J connectivity index is 1.55. The molecule has 0 saturated heterocycles. The lowest BCUT2D eigenvalue weighted by Gasteiger charge is -2.14. The van der Waals surface area contributed by atoms with Gasteiger partial charge in [-0.2, -0.15) is 0 Å². The van der Waals surface area contributed by atoms with Crippen molar-refractivity contribution in [1.29, 1.82) is 0 Å². The van der Waals surface area contributed by atoms with E-state index in [0.717, 1.165) is 28.1 Å². The second-order valence-electron chi connectivity index (χ2n) is 6.46. The van der Waals surface area contributed by atoms with Crippen molar-refractivity contribution >= 4 is 11.6 Å². The molecule has 0 unspecified atom stereocenters. The molecule has 0 radical (unpaired) electrons. The van der Waals surface area contributed by atoms with Gasteiger partial charge in [-0.3, -0.25) is 4.79 Å². The van der Waals surface area contributed by atoms with Crippen LogP contribution in [0.25, 0.3) is 11.1 Å². The van der Waals surface area contributed by atoms with Gasteiger partial charge < -0.3 is 15.4 Å². The molecule has 4 nitrogen and oxygen atoms in total. The standard InChI is InChI=1S/C23H24N2O2/c1-17(21-10-6-7-11-22(21)27-2)24-16-23(26)25-20-14-12-19(13-15-20)18-8-4-3-5-9-18/h3-15,17,24H,16H2,1-2H3,(H,25,26)/p+1/t17-/m1/s1. The first kappa shape index (κ1) is 18.7. The molecule has 1 amide bonds. The second-order valence-corrected chi connectivity index (χ2v) is 6.46. The topological polar surface area (TPSA) is 54.9 Å². The lowest BCUT2D eigenvalue weighted by atomic mass is 10.1. The minimum absolute atomic E-state index is 0.0239. The number of benzene rings is 3. The lowest BCUT2D eigenvalue weighted by Crippen LogP contribution is -2.86. The first-order valence-corrected chi connectivity index (χ1v) is 9.09. The molecule has 0 aliphatic heterocycles. The summed E-state index contributed by atoms with van der Waals surface area (Å²) in [6.45, 7) is 2.42. The highest BCUT2D eigenvalue weighted by Gasteiger charge is 2.15. The van der Waals surface area contributed by atoms with Crippen LogP contribution in [0.1, 0.15) is 18.5 Å². The molecule has 3 aromatic carbocycles.